The van der Waals surface area contributed by atoms with E-state index in [0.717, 1.165) is 12.8 Å². The van der Waals surface area contributed by atoms with Crippen molar-refractivity contribution in [1.29, 1.82) is 0 Å². The van der Waals surface area contributed by atoms with Gasteiger partial charge in [-0.05, 0) is 55.0 Å². The second-order valence-corrected chi connectivity index (χ2v) is 11.7. The minimum atomic E-state index is -3.61. The zero-order chi connectivity index (χ0) is 24.1. The number of sulfonamides is 2. The van der Waals surface area contributed by atoms with E-state index in [1.165, 1.54) is 64.2 Å². The lowest BCUT2D eigenvalue weighted by Gasteiger charge is -2.26. The molecule has 0 atom stereocenters. The van der Waals surface area contributed by atoms with Crippen LogP contribution in [0.5, 0.6) is 0 Å². The molecule has 1 amide bonds. The Bertz CT molecular complexity index is 1160. The van der Waals surface area contributed by atoms with Crippen molar-refractivity contribution >= 4 is 31.6 Å². The number of amides is 1. The second kappa shape index (κ2) is 10.7. The van der Waals surface area contributed by atoms with Crippen molar-refractivity contribution in [2.24, 2.45) is 0 Å². The molecule has 2 aromatic carbocycles. The van der Waals surface area contributed by atoms with Crippen molar-refractivity contribution in [3.63, 3.8) is 0 Å². The Morgan fingerprint density at radius 3 is 2.12 bits per heavy atom. The molecule has 0 unspecified atom stereocenters. The number of unbranched alkanes of at least 4 members (excludes halogenated alkanes) is 1. The van der Waals surface area contributed by atoms with E-state index in [0.29, 0.717) is 38.5 Å². The molecule has 11 heteroatoms. The van der Waals surface area contributed by atoms with Crippen LogP contribution in [-0.2, 0) is 24.8 Å². The van der Waals surface area contributed by atoms with Crippen LogP contribution >= 0.6 is 0 Å². The number of benzene rings is 2. The lowest BCUT2D eigenvalue weighted by atomic mass is 10.2. The monoisotopic (exact) mass is 495 g/mol. The van der Waals surface area contributed by atoms with Crippen LogP contribution in [0.1, 0.15) is 30.1 Å². The van der Waals surface area contributed by atoms with Gasteiger partial charge in [0.05, 0.1) is 23.0 Å². The Morgan fingerprint density at radius 1 is 0.970 bits per heavy atom. The van der Waals surface area contributed by atoms with Crippen LogP contribution < -0.4 is 5.32 Å². The quantitative estimate of drug-likeness (QED) is 0.572. The van der Waals surface area contributed by atoms with Crippen molar-refractivity contribution in [2.75, 3.05) is 45.2 Å². The van der Waals surface area contributed by atoms with E-state index in [1.54, 1.807) is 0 Å². The maximum atomic E-state index is 12.7. The van der Waals surface area contributed by atoms with Gasteiger partial charge in [0.1, 0.15) is 0 Å². The van der Waals surface area contributed by atoms with E-state index in [-0.39, 0.29) is 15.4 Å². The Morgan fingerprint density at radius 2 is 1.55 bits per heavy atom. The van der Waals surface area contributed by atoms with Crippen LogP contribution in [0, 0.1) is 0 Å². The SMILES string of the molecule is CCCCN(C)S(=O)(=O)c1ccc(C(=O)Nc2ccc(S(=O)(=O)N3CCOCC3)cc2)cc1. The molecule has 1 fully saturated rings. The fraction of sp³-hybridized carbons (Fsp3) is 0.409. The van der Waals surface area contributed by atoms with Crippen LogP contribution in [0.2, 0.25) is 0 Å². The fourth-order valence-electron chi connectivity index (χ4n) is 3.31. The third-order valence-corrected chi connectivity index (χ3v) is 9.16. The Balaban J connectivity index is 1.66. The Kier molecular flexibility index (Phi) is 8.24. The largest absolute Gasteiger partial charge is 0.379 e. The first-order valence-corrected chi connectivity index (χ1v) is 13.6. The van der Waals surface area contributed by atoms with E-state index in [1.807, 2.05) is 6.92 Å². The van der Waals surface area contributed by atoms with Gasteiger partial charge in [0.2, 0.25) is 20.0 Å². The van der Waals surface area contributed by atoms with Crippen LogP contribution in [-0.4, -0.2) is 71.2 Å². The molecule has 0 saturated carbocycles. The summed E-state index contributed by atoms with van der Waals surface area (Å²) in [6.45, 7) is 3.76. The first-order chi connectivity index (χ1) is 15.7. The van der Waals surface area contributed by atoms with Crippen LogP contribution in [0.25, 0.3) is 0 Å². The molecule has 0 aromatic heterocycles. The molecule has 0 spiro atoms. The molecule has 0 aliphatic carbocycles. The molecule has 2 aromatic rings. The first-order valence-electron chi connectivity index (χ1n) is 10.7. The second-order valence-electron chi connectivity index (χ2n) is 7.70. The molecule has 1 aliphatic rings. The summed E-state index contributed by atoms with van der Waals surface area (Å²) < 4.78 is 58.5. The topological polar surface area (TPSA) is 113 Å². The molecule has 9 nitrogen and oxygen atoms in total. The third-order valence-electron chi connectivity index (χ3n) is 5.37. The minimum absolute atomic E-state index is 0.121. The maximum absolute atomic E-state index is 12.7. The van der Waals surface area contributed by atoms with Gasteiger partial charge in [0.15, 0.2) is 0 Å². The maximum Gasteiger partial charge on any atom is 0.255 e. The van der Waals surface area contributed by atoms with E-state index in [2.05, 4.69) is 5.32 Å². The standard InChI is InChI=1S/C22H29N3O6S2/c1-3-4-13-24(2)32(27,28)20-9-5-18(6-10-20)22(26)23-19-7-11-21(12-8-19)33(29,30)25-14-16-31-17-15-25/h5-12H,3-4,13-17H2,1-2H3,(H,23,26). The van der Waals surface area contributed by atoms with Gasteiger partial charge in [-0.25, -0.2) is 21.1 Å². The predicted molar refractivity (Wildman–Crippen MR) is 125 cm³/mol. The van der Waals surface area contributed by atoms with Gasteiger partial charge < -0.3 is 10.1 Å². The van der Waals surface area contributed by atoms with Crippen molar-refractivity contribution < 1.29 is 26.4 Å². The summed E-state index contributed by atoms with van der Waals surface area (Å²) in [5.41, 5.74) is 0.715. The summed E-state index contributed by atoms with van der Waals surface area (Å²) in [5.74, 6) is -0.429. The summed E-state index contributed by atoms with van der Waals surface area (Å²) >= 11 is 0. The number of anilines is 1. The Hall–Kier alpha value is -2.31. The summed E-state index contributed by atoms with van der Waals surface area (Å²) in [7, 11) is -5.68. The number of nitrogens with one attached hydrogen (secondary N) is 1. The number of ether oxygens (including phenoxy) is 1. The highest BCUT2D eigenvalue weighted by Gasteiger charge is 2.26. The summed E-state index contributed by atoms with van der Waals surface area (Å²) in [6.07, 6.45) is 1.65. The van der Waals surface area contributed by atoms with E-state index in [9.17, 15) is 21.6 Å². The van der Waals surface area contributed by atoms with Crippen molar-refractivity contribution in [2.45, 2.75) is 29.6 Å². The highest BCUT2D eigenvalue weighted by Crippen LogP contribution is 2.21. The number of carbonyl (C=O) groups is 1. The summed E-state index contributed by atoms with van der Waals surface area (Å²) in [6, 6.07) is 11.7. The van der Waals surface area contributed by atoms with Crippen molar-refractivity contribution in [1.82, 2.24) is 8.61 Å². The molecule has 3 rings (SSSR count). The van der Waals surface area contributed by atoms with Crippen molar-refractivity contribution in [3.05, 3.63) is 54.1 Å². The van der Waals surface area contributed by atoms with Crippen LogP contribution in [0.15, 0.2) is 58.3 Å². The highest BCUT2D eigenvalue weighted by molar-refractivity contribution is 7.89. The summed E-state index contributed by atoms with van der Waals surface area (Å²) in [5, 5.41) is 2.70. The normalized spacial score (nSPS) is 15.5. The molecular weight excluding hydrogens is 466 g/mol. The molecule has 33 heavy (non-hydrogen) atoms. The predicted octanol–water partition coefficient (Wildman–Crippen LogP) is 2.38. The average molecular weight is 496 g/mol. The lowest BCUT2D eigenvalue weighted by Crippen LogP contribution is -2.40. The van der Waals surface area contributed by atoms with Gasteiger partial charge in [-0.3, -0.25) is 4.79 Å². The van der Waals surface area contributed by atoms with Crippen molar-refractivity contribution in [3.8, 4) is 0 Å². The molecule has 1 saturated heterocycles. The molecule has 1 aliphatic heterocycles. The number of hydrogen-bond donors (Lipinski definition) is 1. The van der Waals surface area contributed by atoms with Gasteiger partial charge in [0.25, 0.3) is 5.91 Å². The fourth-order valence-corrected chi connectivity index (χ4v) is 5.93. The van der Waals surface area contributed by atoms with Crippen LogP contribution in [0.3, 0.4) is 0 Å². The number of hydrogen-bond acceptors (Lipinski definition) is 6. The molecule has 0 bridgehead atoms. The van der Waals surface area contributed by atoms with Gasteiger partial charge in [-0.15, -0.1) is 0 Å². The molecular formula is C22H29N3O6S2. The molecule has 180 valence electrons. The smallest absolute Gasteiger partial charge is 0.255 e. The summed E-state index contributed by atoms with van der Waals surface area (Å²) in [4.78, 5) is 12.8. The number of carbonyl (C=O) groups excluding carboxylic acids is 1. The average Bonchev–Trinajstić information content (AvgIpc) is 2.83. The highest BCUT2D eigenvalue weighted by atomic mass is 32.2. The lowest BCUT2D eigenvalue weighted by molar-refractivity contribution is 0.0730. The van der Waals surface area contributed by atoms with Gasteiger partial charge in [-0.2, -0.15) is 4.31 Å². The zero-order valence-electron chi connectivity index (χ0n) is 18.7. The van der Waals surface area contributed by atoms with E-state index >= 15 is 0 Å². The van der Waals surface area contributed by atoms with E-state index < -0.39 is 26.0 Å². The van der Waals surface area contributed by atoms with Gasteiger partial charge in [-0.1, -0.05) is 13.3 Å². The zero-order valence-corrected chi connectivity index (χ0v) is 20.4. The first kappa shape index (κ1) is 25.3. The number of rotatable bonds is 9. The molecule has 0 radical (unpaired) electrons. The number of nitrogens with zero attached hydrogens (tertiary/aromatic N) is 2. The Labute approximate surface area is 195 Å². The van der Waals surface area contributed by atoms with Crippen LogP contribution in [0.4, 0.5) is 5.69 Å². The van der Waals surface area contributed by atoms with E-state index in [4.69, 9.17) is 4.74 Å². The third kappa shape index (κ3) is 5.98. The number of morpholine rings is 1. The molecule has 1 heterocycles. The van der Waals surface area contributed by atoms with Gasteiger partial charge in [0, 0.05) is 37.9 Å². The minimum Gasteiger partial charge on any atom is -0.379 e. The molecule has 1 N–H and O–H groups in total. The van der Waals surface area contributed by atoms with Gasteiger partial charge >= 0.3 is 0 Å².